The van der Waals surface area contributed by atoms with Gasteiger partial charge in [-0.2, -0.15) is 8.78 Å². The topological polar surface area (TPSA) is 32.8 Å². The molecule has 2 aliphatic heterocycles. The molecule has 0 N–H and O–H groups in total. The molecular formula is C17H22F2N2O2. The third-order valence-corrected chi connectivity index (χ3v) is 4.64. The highest BCUT2D eigenvalue weighted by atomic mass is 19.3. The van der Waals surface area contributed by atoms with Crippen molar-refractivity contribution in [3.8, 4) is 5.75 Å². The van der Waals surface area contributed by atoms with Gasteiger partial charge >= 0.3 is 6.61 Å². The number of hydrogen-bond acceptors (Lipinski definition) is 3. The summed E-state index contributed by atoms with van der Waals surface area (Å²) in [6, 6.07) is 6.89. The molecule has 1 aromatic rings. The predicted molar refractivity (Wildman–Crippen MR) is 82.6 cm³/mol. The van der Waals surface area contributed by atoms with Crippen LogP contribution in [-0.4, -0.2) is 54.5 Å². The first-order chi connectivity index (χ1) is 11.1. The normalized spacial score (nSPS) is 22.0. The monoisotopic (exact) mass is 324 g/mol. The molecule has 2 fully saturated rings. The van der Waals surface area contributed by atoms with Crippen molar-refractivity contribution in [3.05, 3.63) is 29.8 Å². The predicted octanol–water partition coefficient (Wildman–Crippen LogP) is 2.53. The van der Waals surface area contributed by atoms with Crippen molar-refractivity contribution in [1.82, 2.24) is 9.80 Å². The Balaban J connectivity index is 1.62. The third-order valence-electron chi connectivity index (χ3n) is 4.64. The highest BCUT2D eigenvalue weighted by Crippen LogP contribution is 2.22. The Labute approximate surface area is 135 Å². The van der Waals surface area contributed by atoms with Gasteiger partial charge in [-0.05, 0) is 43.5 Å². The van der Waals surface area contributed by atoms with Crippen LogP contribution in [0.4, 0.5) is 8.78 Å². The molecule has 0 aromatic heterocycles. The van der Waals surface area contributed by atoms with E-state index in [0.29, 0.717) is 11.6 Å². The molecule has 126 valence electrons. The van der Waals surface area contributed by atoms with E-state index in [1.807, 2.05) is 4.90 Å². The zero-order chi connectivity index (χ0) is 16.2. The molecule has 4 nitrogen and oxygen atoms in total. The van der Waals surface area contributed by atoms with E-state index in [0.717, 1.165) is 39.0 Å². The van der Waals surface area contributed by atoms with E-state index in [2.05, 4.69) is 9.64 Å². The Morgan fingerprint density at radius 3 is 2.91 bits per heavy atom. The van der Waals surface area contributed by atoms with Crippen molar-refractivity contribution < 1.29 is 18.3 Å². The SMILES string of the molecule is O=C(Cc1cccc(OC(F)F)c1)N1CCCN2CCC[C@@H]2C1. The van der Waals surface area contributed by atoms with Crippen LogP contribution in [0.5, 0.6) is 5.75 Å². The number of nitrogens with zero attached hydrogens (tertiary/aromatic N) is 2. The number of carbonyl (C=O) groups is 1. The molecule has 1 atom stereocenters. The second-order valence-electron chi connectivity index (χ2n) is 6.23. The summed E-state index contributed by atoms with van der Waals surface area (Å²) in [5, 5.41) is 0. The number of alkyl halides is 2. The number of benzene rings is 1. The van der Waals surface area contributed by atoms with Gasteiger partial charge in [0.1, 0.15) is 5.75 Å². The van der Waals surface area contributed by atoms with E-state index < -0.39 is 6.61 Å². The first-order valence-corrected chi connectivity index (χ1v) is 8.17. The van der Waals surface area contributed by atoms with Crippen molar-refractivity contribution in [2.75, 3.05) is 26.2 Å². The van der Waals surface area contributed by atoms with E-state index in [-0.39, 0.29) is 18.1 Å². The Bertz CT molecular complexity index is 553. The first-order valence-electron chi connectivity index (χ1n) is 8.17. The lowest BCUT2D eigenvalue weighted by Gasteiger charge is -2.25. The summed E-state index contributed by atoms with van der Waals surface area (Å²) in [7, 11) is 0. The Morgan fingerprint density at radius 1 is 1.26 bits per heavy atom. The number of rotatable bonds is 4. The standard InChI is InChI=1S/C17H22F2N2O2/c18-17(19)23-15-6-1-4-13(10-15)11-16(22)21-9-3-8-20-7-2-5-14(20)12-21/h1,4,6,10,14,17H,2-3,5,7-9,11-12H2/t14-/m1/s1. The van der Waals surface area contributed by atoms with Crippen LogP contribution in [0.15, 0.2) is 24.3 Å². The lowest BCUT2D eigenvalue weighted by atomic mass is 10.1. The van der Waals surface area contributed by atoms with Gasteiger partial charge in [0, 0.05) is 25.7 Å². The number of hydrogen-bond donors (Lipinski definition) is 0. The fourth-order valence-electron chi connectivity index (χ4n) is 3.55. The minimum absolute atomic E-state index is 0.0629. The molecule has 0 bridgehead atoms. The van der Waals surface area contributed by atoms with Crippen molar-refractivity contribution in [2.45, 2.75) is 38.3 Å². The Morgan fingerprint density at radius 2 is 2.09 bits per heavy atom. The summed E-state index contributed by atoms with van der Waals surface area (Å²) in [5.41, 5.74) is 0.709. The fourth-order valence-corrected chi connectivity index (χ4v) is 3.55. The van der Waals surface area contributed by atoms with E-state index in [1.165, 1.54) is 18.6 Å². The first kappa shape index (κ1) is 16.2. The third kappa shape index (κ3) is 4.19. The maximum Gasteiger partial charge on any atom is 0.387 e. The number of ether oxygens (including phenoxy) is 1. The van der Waals surface area contributed by atoms with Gasteiger partial charge in [0.2, 0.25) is 5.91 Å². The number of carbonyl (C=O) groups excluding carboxylic acids is 1. The maximum absolute atomic E-state index is 12.6. The molecule has 0 saturated carbocycles. The van der Waals surface area contributed by atoms with Gasteiger partial charge in [0.05, 0.1) is 6.42 Å². The van der Waals surface area contributed by atoms with Gasteiger partial charge in [-0.3, -0.25) is 9.69 Å². The second kappa shape index (κ2) is 7.25. The van der Waals surface area contributed by atoms with E-state index >= 15 is 0 Å². The molecule has 0 radical (unpaired) electrons. The molecule has 3 rings (SSSR count). The second-order valence-corrected chi connectivity index (χ2v) is 6.23. The molecular weight excluding hydrogens is 302 g/mol. The van der Waals surface area contributed by atoms with Gasteiger partial charge in [-0.25, -0.2) is 0 Å². The van der Waals surface area contributed by atoms with Crippen LogP contribution in [0.3, 0.4) is 0 Å². The van der Waals surface area contributed by atoms with Crippen molar-refractivity contribution in [3.63, 3.8) is 0 Å². The van der Waals surface area contributed by atoms with Crippen LogP contribution >= 0.6 is 0 Å². The van der Waals surface area contributed by atoms with Crippen molar-refractivity contribution in [2.24, 2.45) is 0 Å². The van der Waals surface area contributed by atoms with Gasteiger partial charge in [-0.15, -0.1) is 0 Å². The molecule has 1 aromatic carbocycles. The average molecular weight is 324 g/mol. The van der Waals surface area contributed by atoms with Gasteiger partial charge in [0.15, 0.2) is 0 Å². The van der Waals surface area contributed by atoms with Crippen molar-refractivity contribution >= 4 is 5.91 Å². The van der Waals surface area contributed by atoms with Crippen molar-refractivity contribution in [1.29, 1.82) is 0 Å². The fraction of sp³-hybridized carbons (Fsp3) is 0.588. The van der Waals surface area contributed by atoms with Gasteiger partial charge < -0.3 is 9.64 Å². The van der Waals surface area contributed by atoms with Crippen LogP contribution in [0.1, 0.15) is 24.8 Å². The van der Waals surface area contributed by atoms with Crippen LogP contribution in [-0.2, 0) is 11.2 Å². The summed E-state index contributed by atoms with van der Waals surface area (Å²) < 4.78 is 28.9. The lowest BCUT2D eigenvalue weighted by Crippen LogP contribution is -2.40. The average Bonchev–Trinajstić information content (AvgIpc) is 2.84. The highest BCUT2D eigenvalue weighted by Gasteiger charge is 2.30. The quantitative estimate of drug-likeness (QED) is 0.853. The largest absolute Gasteiger partial charge is 0.435 e. The molecule has 1 amide bonds. The Kier molecular flexibility index (Phi) is 5.10. The van der Waals surface area contributed by atoms with Crippen LogP contribution in [0.25, 0.3) is 0 Å². The van der Waals surface area contributed by atoms with Crippen LogP contribution in [0, 0.1) is 0 Å². The summed E-state index contributed by atoms with van der Waals surface area (Å²) in [6.07, 6.45) is 3.59. The molecule has 0 aliphatic carbocycles. The minimum Gasteiger partial charge on any atom is -0.435 e. The molecule has 6 heteroatoms. The van der Waals surface area contributed by atoms with E-state index in [1.54, 1.807) is 12.1 Å². The highest BCUT2D eigenvalue weighted by molar-refractivity contribution is 5.79. The Hall–Kier alpha value is -1.69. The zero-order valence-corrected chi connectivity index (χ0v) is 13.1. The summed E-state index contributed by atoms with van der Waals surface area (Å²) >= 11 is 0. The zero-order valence-electron chi connectivity index (χ0n) is 13.1. The molecule has 2 aliphatic rings. The minimum atomic E-state index is -2.85. The summed E-state index contributed by atoms with van der Waals surface area (Å²) in [5.74, 6) is 0.163. The molecule has 0 unspecified atom stereocenters. The van der Waals surface area contributed by atoms with Gasteiger partial charge in [-0.1, -0.05) is 12.1 Å². The van der Waals surface area contributed by atoms with Crippen LogP contribution < -0.4 is 4.74 Å². The summed E-state index contributed by atoms with van der Waals surface area (Å²) in [4.78, 5) is 17.0. The molecule has 2 saturated heterocycles. The smallest absolute Gasteiger partial charge is 0.387 e. The van der Waals surface area contributed by atoms with E-state index in [9.17, 15) is 13.6 Å². The molecule has 2 heterocycles. The van der Waals surface area contributed by atoms with E-state index in [4.69, 9.17) is 0 Å². The summed E-state index contributed by atoms with van der Waals surface area (Å²) in [6.45, 7) is 0.914. The lowest BCUT2D eigenvalue weighted by molar-refractivity contribution is -0.130. The van der Waals surface area contributed by atoms with Gasteiger partial charge in [0.25, 0.3) is 0 Å². The number of halogens is 2. The number of amides is 1. The van der Waals surface area contributed by atoms with Crippen LogP contribution in [0.2, 0.25) is 0 Å². The maximum atomic E-state index is 12.6. The molecule has 23 heavy (non-hydrogen) atoms. The molecule has 0 spiro atoms. The number of fused-ring (bicyclic) bond motifs is 1.